The lowest BCUT2D eigenvalue weighted by Gasteiger charge is -2.30. The molecular weight excluding hydrogens is 292 g/mol. The van der Waals surface area contributed by atoms with E-state index in [1.807, 2.05) is 4.90 Å². The molecule has 0 unspecified atom stereocenters. The summed E-state index contributed by atoms with van der Waals surface area (Å²) in [5.74, 6) is 0.786. The molecule has 0 aromatic rings. The van der Waals surface area contributed by atoms with E-state index in [9.17, 15) is 9.59 Å². The summed E-state index contributed by atoms with van der Waals surface area (Å²) in [6, 6.07) is 0.481. The molecule has 0 aromatic carbocycles. The van der Waals surface area contributed by atoms with Gasteiger partial charge in [0.05, 0.1) is 6.54 Å². The fraction of sp³-hybridized carbons (Fsp3) is 0.765. The molecule has 2 aliphatic heterocycles. The summed E-state index contributed by atoms with van der Waals surface area (Å²) in [6.07, 6.45) is 2.73. The fourth-order valence-corrected chi connectivity index (χ4v) is 3.68. The van der Waals surface area contributed by atoms with E-state index in [1.165, 1.54) is 0 Å². The molecule has 2 fully saturated rings. The van der Waals surface area contributed by atoms with Crippen LogP contribution >= 0.6 is 0 Å². The highest BCUT2D eigenvalue weighted by molar-refractivity contribution is 5.78. The number of likely N-dealkylation sites (tertiary alicyclic amines) is 1. The van der Waals surface area contributed by atoms with Crippen molar-refractivity contribution in [2.75, 3.05) is 52.4 Å². The summed E-state index contributed by atoms with van der Waals surface area (Å²) in [6.45, 7) is 14.1. The van der Waals surface area contributed by atoms with Gasteiger partial charge in [-0.05, 0) is 12.3 Å². The van der Waals surface area contributed by atoms with E-state index in [0.29, 0.717) is 25.0 Å². The molecule has 2 rings (SSSR count). The molecule has 6 heteroatoms. The average molecular weight is 322 g/mol. The number of hydrogen-bond donors (Lipinski definition) is 1. The molecule has 6 nitrogen and oxygen atoms in total. The number of nitrogens with zero attached hydrogens (tertiary/aromatic N) is 3. The van der Waals surface area contributed by atoms with Crippen LogP contribution < -0.4 is 5.32 Å². The summed E-state index contributed by atoms with van der Waals surface area (Å²) in [4.78, 5) is 30.1. The van der Waals surface area contributed by atoms with E-state index in [0.717, 1.165) is 45.7 Å². The van der Waals surface area contributed by atoms with Gasteiger partial charge in [0.2, 0.25) is 11.8 Å². The highest BCUT2D eigenvalue weighted by Crippen LogP contribution is 2.22. The predicted molar refractivity (Wildman–Crippen MR) is 91.0 cm³/mol. The SMILES string of the molecule is C=CCNC(=O)CN1C[C@@H](C)[C@@H](N2CCCN(C(C)=O)CC2)C1. The van der Waals surface area contributed by atoms with Crippen LogP contribution in [0.1, 0.15) is 20.3 Å². The molecule has 0 aliphatic carbocycles. The second-order valence-corrected chi connectivity index (χ2v) is 6.73. The van der Waals surface area contributed by atoms with Gasteiger partial charge in [0.15, 0.2) is 0 Å². The number of amides is 2. The Labute approximate surface area is 139 Å². The van der Waals surface area contributed by atoms with Crippen molar-refractivity contribution in [1.29, 1.82) is 0 Å². The lowest BCUT2D eigenvalue weighted by atomic mass is 10.0. The van der Waals surface area contributed by atoms with Crippen LogP contribution in [0.25, 0.3) is 0 Å². The summed E-state index contributed by atoms with van der Waals surface area (Å²) >= 11 is 0. The third kappa shape index (κ3) is 5.04. The number of hydrogen-bond acceptors (Lipinski definition) is 4. The first-order valence-electron chi connectivity index (χ1n) is 8.60. The van der Waals surface area contributed by atoms with Crippen molar-refractivity contribution < 1.29 is 9.59 Å². The zero-order valence-corrected chi connectivity index (χ0v) is 14.5. The first kappa shape index (κ1) is 17.9. The van der Waals surface area contributed by atoms with Crippen LogP contribution in [-0.4, -0.2) is 84.9 Å². The molecule has 2 heterocycles. The zero-order valence-electron chi connectivity index (χ0n) is 14.5. The number of carbonyl (C=O) groups is 2. The Kier molecular flexibility index (Phi) is 6.59. The van der Waals surface area contributed by atoms with Gasteiger partial charge in [-0.3, -0.25) is 19.4 Å². The van der Waals surface area contributed by atoms with Crippen LogP contribution in [-0.2, 0) is 9.59 Å². The Balaban J connectivity index is 1.85. The molecule has 1 N–H and O–H groups in total. The fourth-order valence-electron chi connectivity index (χ4n) is 3.68. The lowest BCUT2D eigenvalue weighted by Crippen LogP contribution is -2.43. The quantitative estimate of drug-likeness (QED) is 0.733. The predicted octanol–water partition coefficient (Wildman–Crippen LogP) is 0.163. The molecule has 0 spiro atoms. The Bertz CT molecular complexity index is 440. The Hall–Kier alpha value is -1.40. The molecule has 2 aliphatic rings. The largest absolute Gasteiger partial charge is 0.352 e. The summed E-state index contributed by atoms with van der Waals surface area (Å²) in [5, 5.41) is 2.84. The third-order valence-electron chi connectivity index (χ3n) is 4.90. The van der Waals surface area contributed by atoms with Crippen molar-refractivity contribution in [2.45, 2.75) is 26.3 Å². The maximum atomic E-state index is 11.9. The van der Waals surface area contributed by atoms with Crippen LogP contribution in [0, 0.1) is 5.92 Å². The Morgan fingerprint density at radius 1 is 1.22 bits per heavy atom. The first-order chi connectivity index (χ1) is 11.0. The third-order valence-corrected chi connectivity index (χ3v) is 4.90. The topological polar surface area (TPSA) is 55.9 Å². The van der Waals surface area contributed by atoms with Crippen molar-refractivity contribution in [3.05, 3.63) is 12.7 Å². The van der Waals surface area contributed by atoms with Gasteiger partial charge in [0, 0.05) is 58.8 Å². The molecular formula is C17H30N4O2. The van der Waals surface area contributed by atoms with Gasteiger partial charge in [-0.1, -0.05) is 13.0 Å². The standard InChI is InChI=1S/C17H30N4O2/c1-4-6-18-17(23)13-19-11-14(2)16(12-19)21-8-5-7-20(9-10-21)15(3)22/h4,14,16H,1,5-13H2,2-3H3,(H,18,23)/t14-,16+/m1/s1. The summed E-state index contributed by atoms with van der Waals surface area (Å²) in [7, 11) is 0. The molecule has 2 atom stereocenters. The maximum Gasteiger partial charge on any atom is 0.234 e. The highest BCUT2D eigenvalue weighted by Gasteiger charge is 2.35. The van der Waals surface area contributed by atoms with Gasteiger partial charge in [0.1, 0.15) is 0 Å². The average Bonchev–Trinajstić information content (AvgIpc) is 2.73. The minimum absolute atomic E-state index is 0.0661. The van der Waals surface area contributed by atoms with Crippen molar-refractivity contribution >= 4 is 11.8 Å². The van der Waals surface area contributed by atoms with E-state index in [-0.39, 0.29) is 11.8 Å². The van der Waals surface area contributed by atoms with Crippen molar-refractivity contribution in [2.24, 2.45) is 5.92 Å². The van der Waals surface area contributed by atoms with Crippen molar-refractivity contribution in [3.8, 4) is 0 Å². The highest BCUT2D eigenvalue weighted by atomic mass is 16.2. The van der Waals surface area contributed by atoms with Crippen LogP contribution in [0.2, 0.25) is 0 Å². The number of nitrogens with one attached hydrogen (secondary N) is 1. The van der Waals surface area contributed by atoms with Gasteiger partial charge in [-0.25, -0.2) is 0 Å². The summed E-state index contributed by atoms with van der Waals surface area (Å²) in [5.41, 5.74) is 0. The van der Waals surface area contributed by atoms with Gasteiger partial charge >= 0.3 is 0 Å². The molecule has 0 aromatic heterocycles. The minimum Gasteiger partial charge on any atom is -0.352 e. The van der Waals surface area contributed by atoms with E-state index >= 15 is 0 Å². The Morgan fingerprint density at radius 3 is 2.70 bits per heavy atom. The second-order valence-electron chi connectivity index (χ2n) is 6.73. The second kappa shape index (κ2) is 8.45. The molecule has 0 saturated carbocycles. The monoisotopic (exact) mass is 322 g/mol. The van der Waals surface area contributed by atoms with Gasteiger partial charge in [-0.2, -0.15) is 0 Å². The molecule has 2 saturated heterocycles. The number of rotatable bonds is 5. The van der Waals surface area contributed by atoms with Gasteiger partial charge < -0.3 is 10.2 Å². The summed E-state index contributed by atoms with van der Waals surface area (Å²) < 4.78 is 0. The molecule has 23 heavy (non-hydrogen) atoms. The van der Waals surface area contributed by atoms with Crippen LogP contribution in [0.15, 0.2) is 12.7 Å². The van der Waals surface area contributed by atoms with Crippen LogP contribution in [0.5, 0.6) is 0 Å². The smallest absolute Gasteiger partial charge is 0.234 e. The Morgan fingerprint density at radius 2 is 2.00 bits per heavy atom. The molecule has 0 bridgehead atoms. The maximum absolute atomic E-state index is 11.9. The van der Waals surface area contributed by atoms with Crippen molar-refractivity contribution in [1.82, 2.24) is 20.0 Å². The first-order valence-corrected chi connectivity index (χ1v) is 8.60. The zero-order chi connectivity index (χ0) is 16.8. The van der Waals surface area contributed by atoms with Gasteiger partial charge in [0.25, 0.3) is 0 Å². The van der Waals surface area contributed by atoms with E-state index in [1.54, 1.807) is 13.0 Å². The molecule has 130 valence electrons. The van der Waals surface area contributed by atoms with Gasteiger partial charge in [-0.15, -0.1) is 6.58 Å². The molecule has 2 amide bonds. The van der Waals surface area contributed by atoms with E-state index in [4.69, 9.17) is 0 Å². The van der Waals surface area contributed by atoms with Crippen molar-refractivity contribution in [3.63, 3.8) is 0 Å². The van der Waals surface area contributed by atoms with Crippen LogP contribution in [0.4, 0.5) is 0 Å². The molecule has 0 radical (unpaired) electrons. The van der Waals surface area contributed by atoms with E-state index in [2.05, 4.69) is 28.6 Å². The van der Waals surface area contributed by atoms with E-state index < -0.39 is 0 Å². The lowest BCUT2D eigenvalue weighted by molar-refractivity contribution is -0.128. The normalized spacial score (nSPS) is 26.8. The van der Waals surface area contributed by atoms with Crippen LogP contribution in [0.3, 0.4) is 0 Å². The minimum atomic E-state index is 0.0661. The number of carbonyl (C=O) groups excluding carboxylic acids is 2.